The average molecular weight is 297 g/mol. The average Bonchev–Trinajstić information content (AvgIpc) is 3.03. The van der Waals surface area contributed by atoms with Crippen molar-refractivity contribution in [2.24, 2.45) is 5.73 Å². The molecular formula is C13H21ClN6. The first kappa shape index (κ1) is 15.0. The largest absolute Gasteiger partial charge is 0.330 e. The molecule has 20 heavy (non-hydrogen) atoms. The topological polar surface area (TPSA) is 74.5 Å². The number of halogens is 1. The minimum atomic E-state index is 0.593. The lowest BCUT2D eigenvalue weighted by molar-refractivity contribution is 0.564. The number of aromatic nitrogens is 5. The predicted molar refractivity (Wildman–Crippen MR) is 78.8 cm³/mol. The van der Waals surface area contributed by atoms with E-state index < -0.39 is 0 Å². The highest BCUT2D eigenvalue weighted by atomic mass is 35.5. The molecule has 2 rings (SSSR count). The van der Waals surface area contributed by atoms with Gasteiger partial charge >= 0.3 is 0 Å². The first-order chi connectivity index (χ1) is 9.69. The zero-order chi connectivity index (χ0) is 14.5. The van der Waals surface area contributed by atoms with Crippen LogP contribution in [0, 0.1) is 0 Å². The molecule has 0 atom stereocenters. The summed E-state index contributed by atoms with van der Waals surface area (Å²) in [6.45, 7) is 6.17. The van der Waals surface area contributed by atoms with Gasteiger partial charge in [0.1, 0.15) is 0 Å². The molecule has 0 saturated heterocycles. The molecule has 0 saturated carbocycles. The van der Waals surface area contributed by atoms with Crippen molar-refractivity contribution in [1.29, 1.82) is 0 Å². The van der Waals surface area contributed by atoms with E-state index in [1.807, 2.05) is 10.9 Å². The van der Waals surface area contributed by atoms with Crippen molar-refractivity contribution in [3.05, 3.63) is 28.3 Å². The number of aryl methyl sites for hydroxylation is 3. The van der Waals surface area contributed by atoms with Gasteiger partial charge in [-0.3, -0.25) is 4.68 Å². The molecule has 6 nitrogen and oxygen atoms in total. The highest BCUT2D eigenvalue weighted by Gasteiger charge is 2.15. The molecule has 7 heteroatoms. The lowest BCUT2D eigenvalue weighted by Crippen LogP contribution is -2.09. The van der Waals surface area contributed by atoms with Crippen LogP contribution in [0.2, 0.25) is 5.02 Å². The quantitative estimate of drug-likeness (QED) is 0.843. The fourth-order valence-corrected chi connectivity index (χ4v) is 2.46. The maximum atomic E-state index is 6.39. The molecule has 0 spiro atoms. The second-order valence-electron chi connectivity index (χ2n) is 4.68. The molecule has 0 radical (unpaired) electrons. The molecule has 110 valence electrons. The Labute approximate surface area is 123 Å². The van der Waals surface area contributed by atoms with Gasteiger partial charge in [0.05, 0.1) is 28.6 Å². The molecule has 0 fully saturated rings. The first-order valence-electron chi connectivity index (χ1n) is 7.02. The monoisotopic (exact) mass is 296 g/mol. The van der Waals surface area contributed by atoms with Crippen LogP contribution in [-0.2, 0) is 25.9 Å². The van der Waals surface area contributed by atoms with E-state index in [1.165, 1.54) is 0 Å². The lowest BCUT2D eigenvalue weighted by Gasteiger charge is -2.04. The predicted octanol–water partition coefficient (Wildman–Crippen LogP) is 1.65. The molecule has 2 N–H and O–H groups in total. The standard InChI is InChI=1S/C13H21ClN6/c1-3-11-13(14)12(20(4-2)17-11)9-19-8-10(16-18-19)6-5-7-15/h8H,3-7,9,15H2,1-2H3. The number of hydrogen-bond acceptors (Lipinski definition) is 4. The normalized spacial score (nSPS) is 11.2. The molecule has 0 bridgehead atoms. The maximum Gasteiger partial charge on any atom is 0.0869 e. The smallest absolute Gasteiger partial charge is 0.0869 e. The molecule has 0 aliphatic heterocycles. The zero-order valence-electron chi connectivity index (χ0n) is 12.0. The second-order valence-corrected chi connectivity index (χ2v) is 5.05. The van der Waals surface area contributed by atoms with Crippen LogP contribution in [0.3, 0.4) is 0 Å². The van der Waals surface area contributed by atoms with Crippen LogP contribution in [0.25, 0.3) is 0 Å². The number of hydrogen-bond donors (Lipinski definition) is 1. The molecule has 0 aliphatic rings. The fraction of sp³-hybridized carbons (Fsp3) is 0.615. The lowest BCUT2D eigenvalue weighted by atomic mass is 10.2. The highest BCUT2D eigenvalue weighted by Crippen LogP contribution is 2.22. The van der Waals surface area contributed by atoms with E-state index in [0.717, 1.165) is 47.9 Å². The molecule has 2 aromatic rings. The van der Waals surface area contributed by atoms with Crippen molar-refractivity contribution in [2.45, 2.75) is 46.2 Å². The van der Waals surface area contributed by atoms with Crippen LogP contribution in [0.15, 0.2) is 6.20 Å². The van der Waals surface area contributed by atoms with E-state index in [1.54, 1.807) is 4.68 Å². The van der Waals surface area contributed by atoms with Crippen LogP contribution in [-0.4, -0.2) is 31.3 Å². The zero-order valence-corrected chi connectivity index (χ0v) is 12.8. The summed E-state index contributed by atoms with van der Waals surface area (Å²) < 4.78 is 3.74. The summed E-state index contributed by atoms with van der Waals surface area (Å²) in [6.07, 6.45) is 4.56. The second kappa shape index (κ2) is 6.85. The third-order valence-electron chi connectivity index (χ3n) is 3.23. The van der Waals surface area contributed by atoms with Crippen molar-refractivity contribution in [1.82, 2.24) is 24.8 Å². The van der Waals surface area contributed by atoms with Gasteiger partial charge < -0.3 is 5.73 Å². The molecule has 0 aromatic carbocycles. The SMILES string of the molecule is CCc1nn(CC)c(Cn2cc(CCCN)nn2)c1Cl. The van der Waals surface area contributed by atoms with Gasteiger partial charge in [-0.2, -0.15) is 5.10 Å². The number of nitrogens with two attached hydrogens (primary N) is 1. The van der Waals surface area contributed by atoms with E-state index in [4.69, 9.17) is 17.3 Å². The van der Waals surface area contributed by atoms with E-state index in [2.05, 4.69) is 29.3 Å². The van der Waals surface area contributed by atoms with Crippen molar-refractivity contribution in [2.75, 3.05) is 6.54 Å². The van der Waals surface area contributed by atoms with Crippen LogP contribution < -0.4 is 5.73 Å². The summed E-state index contributed by atoms with van der Waals surface area (Å²) in [5, 5.41) is 13.5. The van der Waals surface area contributed by atoms with Gasteiger partial charge in [0, 0.05) is 12.7 Å². The third-order valence-corrected chi connectivity index (χ3v) is 3.67. The van der Waals surface area contributed by atoms with Gasteiger partial charge in [-0.25, -0.2) is 4.68 Å². The fourth-order valence-electron chi connectivity index (χ4n) is 2.14. The third kappa shape index (κ3) is 3.19. The minimum Gasteiger partial charge on any atom is -0.330 e. The van der Waals surface area contributed by atoms with Crippen molar-refractivity contribution in [3.63, 3.8) is 0 Å². The molecular weight excluding hydrogens is 276 g/mol. The van der Waals surface area contributed by atoms with Gasteiger partial charge in [-0.15, -0.1) is 5.10 Å². The number of rotatable bonds is 7. The van der Waals surface area contributed by atoms with Gasteiger partial charge in [-0.05, 0) is 32.7 Å². The van der Waals surface area contributed by atoms with Crippen molar-refractivity contribution in [3.8, 4) is 0 Å². The van der Waals surface area contributed by atoms with Gasteiger partial charge in [0.2, 0.25) is 0 Å². The van der Waals surface area contributed by atoms with Crippen LogP contribution >= 0.6 is 11.6 Å². The van der Waals surface area contributed by atoms with E-state index >= 15 is 0 Å². The maximum absolute atomic E-state index is 6.39. The van der Waals surface area contributed by atoms with Gasteiger partial charge in [0.25, 0.3) is 0 Å². The molecule has 0 aliphatic carbocycles. The summed E-state index contributed by atoms with van der Waals surface area (Å²) in [5.41, 5.74) is 8.39. The Balaban J connectivity index is 2.16. The van der Waals surface area contributed by atoms with Gasteiger partial charge in [0.15, 0.2) is 0 Å². The van der Waals surface area contributed by atoms with Crippen LogP contribution in [0.5, 0.6) is 0 Å². The molecule has 2 aromatic heterocycles. The Morgan fingerprint density at radius 3 is 2.80 bits per heavy atom. The summed E-state index contributed by atoms with van der Waals surface area (Å²) in [6, 6.07) is 0. The Morgan fingerprint density at radius 1 is 1.35 bits per heavy atom. The highest BCUT2D eigenvalue weighted by molar-refractivity contribution is 6.31. The molecule has 0 amide bonds. The minimum absolute atomic E-state index is 0.593. The van der Waals surface area contributed by atoms with E-state index in [-0.39, 0.29) is 0 Å². The Hall–Kier alpha value is -1.40. The summed E-state index contributed by atoms with van der Waals surface area (Å²) in [4.78, 5) is 0. The molecule has 0 unspecified atom stereocenters. The number of nitrogens with zero attached hydrogens (tertiary/aromatic N) is 5. The Kier molecular flexibility index (Phi) is 5.14. The molecule has 2 heterocycles. The van der Waals surface area contributed by atoms with E-state index in [0.29, 0.717) is 13.1 Å². The first-order valence-corrected chi connectivity index (χ1v) is 7.40. The van der Waals surface area contributed by atoms with Crippen molar-refractivity contribution < 1.29 is 0 Å². The van der Waals surface area contributed by atoms with Gasteiger partial charge in [-0.1, -0.05) is 23.7 Å². The van der Waals surface area contributed by atoms with Crippen LogP contribution in [0.4, 0.5) is 0 Å². The summed E-state index contributed by atoms with van der Waals surface area (Å²) in [7, 11) is 0. The Bertz CT molecular complexity index is 559. The Morgan fingerprint density at radius 2 is 2.15 bits per heavy atom. The van der Waals surface area contributed by atoms with E-state index in [9.17, 15) is 0 Å². The summed E-state index contributed by atoms with van der Waals surface area (Å²) in [5.74, 6) is 0. The van der Waals surface area contributed by atoms with Crippen molar-refractivity contribution >= 4 is 11.6 Å². The van der Waals surface area contributed by atoms with Crippen LogP contribution in [0.1, 0.15) is 37.4 Å². The summed E-state index contributed by atoms with van der Waals surface area (Å²) >= 11 is 6.39.